The standard InChI is InChI=1S/C21H20FN3O6S2/c1-24(11-13-3-6-17(30-2)15(22)9-13)19(26)12-31-20(27)14-4-5-16-18(10-14)32-21-23-33(28,29)8-7-25(16)21/h3-6,9-10H,7-8,11-12H2,1-2H3. The summed E-state index contributed by atoms with van der Waals surface area (Å²) in [5.74, 6) is -1.63. The summed E-state index contributed by atoms with van der Waals surface area (Å²) in [5, 5.41) is 0.355. The van der Waals surface area contributed by atoms with Crippen LogP contribution in [-0.2, 0) is 26.1 Å². The Labute approximate surface area is 194 Å². The number of amides is 1. The van der Waals surface area contributed by atoms with Gasteiger partial charge in [0.2, 0.25) is 0 Å². The Bertz CT molecular complexity index is 1260. The van der Waals surface area contributed by atoms with Crippen LogP contribution in [0.4, 0.5) is 10.1 Å². The zero-order valence-electron chi connectivity index (χ0n) is 17.8. The van der Waals surface area contributed by atoms with Crippen LogP contribution in [0.1, 0.15) is 15.9 Å². The van der Waals surface area contributed by atoms with E-state index in [9.17, 15) is 22.4 Å². The van der Waals surface area contributed by atoms with Crippen LogP contribution in [0.2, 0.25) is 0 Å². The molecule has 0 aromatic heterocycles. The molecule has 33 heavy (non-hydrogen) atoms. The molecule has 0 atom stereocenters. The van der Waals surface area contributed by atoms with E-state index in [4.69, 9.17) is 9.47 Å². The van der Waals surface area contributed by atoms with Crippen molar-refractivity contribution in [3.05, 3.63) is 53.3 Å². The Morgan fingerprint density at radius 1 is 1.24 bits per heavy atom. The highest BCUT2D eigenvalue weighted by Crippen LogP contribution is 2.42. The van der Waals surface area contributed by atoms with E-state index in [1.54, 1.807) is 29.2 Å². The lowest BCUT2D eigenvalue weighted by atomic mass is 10.2. The van der Waals surface area contributed by atoms with Crippen LogP contribution >= 0.6 is 11.8 Å². The summed E-state index contributed by atoms with van der Waals surface area (Å²) in [6.45, 7) is -0.0488. The maximum absolute atomic E-state index is 13.8. The van der Waals surface area contributed by atoms with Crippen molar-refractivity contribution >= 4 is 44.5 Å². The number of anilines is 1. The van der Waals surface area contributed by atoms with Crippen molar-refractivity contribution in [1.82, 2.24) is 4.90 Å². The van der Waals surface area contributed by atoms with Crippen LogP contribution in [-0.4, -0.2) is 63.4 Å². The number of nitrogens with zero attached hydrogens (tertiary/aromatic N) is 3. The van der Waals surface area contributed by atoms with Gasteiger partial charge in [-0.2, -0.15) is 0 Å². The van der Waals surface area contributed by atoms with Gasteiger partial charge in [0, 0.05) is 25.0 Å². The van der Waals surface area contributed by atoms with Crippen LogP contribution in [0.15, 0.2) is 45.7 Å². The Kier molecular flexibility index (Phi) is 6.30. The largest absolute Gasteiger partial charge is 0.494 e. The number of thioether (sulfide) groups is 1. The molecule has 2 aliphatic rings. The number of hydrogen-bond donors (Lipinski definition) is 0. The Morgan fingerprint density at radius 2 is 2.03 bits per heavy atom. The molecule has 0 fully saturated rings. The van der Waals surface area contributed by atoms with Crippen LogP contribution in [0.25, 0.3) is 0 Å². The third-order valence-electron chi connectivity index (χ3n) is 5.10. The molecule has 1 amide bonds. The second kappa shape index (κ2) is 9.02. The molecular weight excluding hydrogens is 473 g/mol. The first-order valence-corrected chi connectivity index (χ1v) is 12.2. The van der Waals surface area contributed by atoms with Crippen molar-refractivity contribution in [2.45, 2.75) is 11.4 Å². The molecule has 2 aliphatic heterocycles. The number of fused-ring (bicyclic) bond motifs is 3. The first-order valence-electron chi connectivity index (χ1n) is 9.82. The molecule has 0 spiro atoms. The van der Waals surface area contributed by atoms with Gasteiger partial charge in [-0.25, -0.2) is 17.6 Å². The van der Waals surface area contributed by atoms with Gasteiger partial charge in [0.1, 0.15) is 0 Å². The molecule has 0 radical (unpaired) electrons. The van der Waals surface area contributed by atoms with Crippen LogP contribution in [0.3, 0.4) is 0 Å². The van der Waals surface area contributed by atoms with Crippen molar-refractivity contribution in [3.8, 4) is 5.75 Å². The van der Waals surface area contributed by atoms with Crippen molar-refractivity contribution in [2.75, 3.05) is 38.0 Å². The Balaban J connectivity index is 1.36. The maximum Gasteiger partial charge on any atom is 0.338 e. The van der Waals surface area contributed by atoms with Gasteiger partial charge < -0.3 is 19.3 Å². The third-order valence-corrected chi connectivity index (χ3v) is 7.40. The highest BCUT2D eigenvalue weighted by atomic mass is 32.2. The number of benzene rings is 2. The molecule has 12 heteroatoms. The summed E-state index contributed by atoms with van der Waals surface area (Å²) in [6, 6.07) is 9.24. The van der Waals surface area contributed by atoms with Crippen molar-refractivity contribution in [2.24, 2.45) is 4.40 Å². The number of carbonyl (C=O) groups excluding carboxylic acids is 2. The molecule has 2 heterocycles. The van der Waals surface area contributed by atoms with Gasteiger partial charge in [0.05, 0.1) is 24.1 Å². The van der Waals surface area contributed by atoms with Gasteiger partial charge in [-0.05, 0) is 47.7 Å². The van der Waals surface area contributed by atoms with E-state index in [2.05, 4.69) is 4.40 Å². The highest BCUT2D eigenvalue weighted by Gasteiger charge is 2.33. The quantitative estimate of drug-likeness (QED) is 0.565. The highest BCUT2D eigenvalue weighted by molar-refractivity contribution is 8.15. The number of hydrogen-bond acceptors (Lipinski definition) is 8. The number of ether oxygens (including phenoxy) is 2. The zero-order chi connectivity index (χ0) is 23.8. The van der Waals surface area contributed by atoms with E-state index in [1.165, 1.54) is 31.2 Å². The number of rotatable bonds is 6. The Hall–Kier alpha value is -3.12. The minimum atomic E-state index is -3.47. The fourth-order valence-corrected chi connectivity index (χ4v) is 5.64. The smallest absolute Gasteiger partial charge is 0.338 e. The second-order valence-electron chi connectivity index (χ2n) is 7.39. The number of carbonyl (C=O) groups is 2. The van der Waals surface area contributed by atoms with Crippen LogP contribution in [0, 0.1) is 5.82 Å². The minimum Gasteiger partial charge on any atom is -0.494 e. The molecule has 4 rings (SSSR count). The van der Waals surface area contributed by atoms with Gasteiger partial charge >= 0.3 is 5.97 Å². The monoisotopic (exact) mass is 493 g/mol. The number of amidine groups is 1. The fraction of sp³-hybridized carbons (Fsp3) is 0.286. The molecule has 2 aromatic carbocycles. The number of sulfonamides is 1. The average molecular weight is 494 g/mol. The van der Waals surface area contributed by atoms with Gasteiger partial charge in [-0.3, -0.25) is 4.79 Å². The number of halogens is 1. The van der Waals surface area contributed by atoms with Gasteiger partial charge in [-0.15, -0.1) is 4.40 Å². The van der Waals surface area contributed by atoms with Crippen molar-refractivity contribution < 1.29 is 31.9 Å². The lowest BCUT2D eigenvalue weighted by Gasteiger charge is -2.22. The summed E-state index contributed by atoms with van der Waals surface area (Å²) in [5.41, 5.74) is 1.57. The van der Waals surface area contributed by atoms with E-state index in [0.29, 0.717) is 22.2 Å². The topological polar surface area (TPSA) is 106 Å². The predicted molar refractivity (Wildman–Crippen MR) is 121 cm³/mol. The van der Waals surface area contributed by atoms with E-state index in [1.807, 2.05) is 0 Å². The minimum absolute atomic E-state index is 0.0703. The molecular formula is C21H20FN3O6S2. The molecule has 0 saturated carbocycles. The van der Waals surface area contributed by atoms with E-state index in [-0.39, 0.29) is 23.6 Å². The van der Waals surface area contributed by atoms with Crippen LogP contribution < -0.4 is 9.64 Å². The molecule has 0 bridgehead atoms. The zero-order valence-corrected chi connectivity index (χ0v) is 19.4. The molecule has 2 aromatic rings. The van der Waals surface area contributed by atoms with Crippen molar-refractivity contribution in [1.29, 1.82) is 0 Å². The van der Waals surface area contributed by atoms with E-state index < -0.39 is 34.3 Å². The number of likely N-dealkylation sites (N-methyl/N-ethyl adjacent to an activating group) is 1. The van der Waals surface area contributed by atoms with E-state index in [0.717, 1.165) is 17.4 Å². The Morgan fingerprint density at radius 3 is 2.76 bits per heavy atom. The maximum atomic E-state index is 13.8. The summed E-state index contributed by atoms with van der Waals surface area (Å²) in [6.07, 6.45) is 0. The van der Waals surface area contributed by atoms with Crippen molar-refractivity contribution in [3.63, 3.8) is 0 Å². The lowest BCUT2D eigenvalue weighted by Crippen LogP contribution is -2.35. The second-order valence-corrected chi connectivity index (χ2v) is 10.2. The van der Waals surface area contributed by atoms with Gasteiger partial charge in [0.25, 0.3) is 15.9 Å². The van der Waals surface area contributed by atoms with Crippen LogP contribution in [0.5, 0.6) is 5.75 Å². The SMILES string of the molecule is COc1ccc(CN(C)C(=O)COC(=O)c2ccc3c(c2)SC2=NS(=O)(=O)CCN23)cc1F. The first-order chi connectivity index (χ1) is 15.7. The third kappa shape index (κ3) is 4.96. The van der Waals surface area contributed by atoms with E-state index >= 15 is 0 Å². The molecule has 0 unspecified atom stereocenters. The van der Waals surface area contributed by atoms with Gasteiger partial charge in [-0.1, -0.05) is 6.07 Å². The summed E-state index contributed by atoms with van der Waals surface area (Å²) in [4.78, 5) is 28.6. The molecule has 9 nitrogen and oxygen atoms in total. The molecule has 0 N–H and O–H groups in total. The number of esters is 1. The van der Waals surface area contributed by atoms with Gasteiger partial charge in [0.15, 0.2) is 23.3 Å². The summed E-state index contributed by atoms with van der Waals surface area (Å²) >= 11 is 1.16. The molecule has 0 aliphatic carbocycles. The molecule has 0 saturated heterocycles. The average Bonchev–Trinajstić information content (AvgIpc) is 3.12. The summed E-state index contributed by atoms with van der Waals surface area (Å²) < 4.78 is 51.1. The first kappa shape index (κ1) is 23.1. The molecule has 174 valence electrons. The predicted octanol–water partition coefficient (Wildman–Crippen LogP) is 2.26. The summed E-state index contributed by atoms with van der Waals surface area (Å²) in [7, 11) is -0.582. The lowest BCUT2D eigenvalue weighted by molar-refractivity contribution is -0.133. The fourth-order valence-electron chi connectivity index (χ4n) is 3.35. The normalized spacial score (nSPS) is 15.8. The number of methoxy groups -OCH3 is 1.